The molecule has 0 saturated carbocycles. The van der Waals surface area contributed by atoms with Crippen LogP contribution in [0, 0.1) is 3.57 Å². The Morgan fingerprint density at radius 1 is 0.440 bits per heavy atom. The Morgan fingerprint density at radius 2 is 0.827 bits per heavy atom. The fourth-order valence-electron chi connectivity index (χ4n) is 9.92. The van der Waals surface area contributed by atoms with Gasteiger partial charge >= 0.3 is 17.1 Å². The molecule has 5 nitrogen and oxygen atoms in total. The molecule has 0 fully saturated rings. The molecule has 0 saturated heterocycles. The number of halogens is 1. The number of aromatic nitrogens is 2. The quantitative estimate of drug-likeness (QED) is 0.141. The van der Waals surface area contributed by atoms with E-state index in [9.17, 15) is 0 Å². The average Bonchev–Trinajstić information content (AvgIpc) is 4.13. The van der Waals surface area contributed by atoms with E-state index in [0.29, 0.717) is 22.7 Å². The van der Waals surface area contributed by atoms with Gasteiger partial charge in [-0.25, -0.2) is 4.99 Å². The Balaban J connectivity index is 0.00000747. The summed E-state index contributed by atoms with van der Waals surface area (Å²) < 4.78 is 1.15. The Hall–Kier alpha value is -5.47. The summed E-state index contributed by atoms with van der Waals surface area (Å²) in [5.74, 6) is -0.153. The zero-order valence-corrected chi connectivity index (χ0v) is 50.6. The summed E-state index contributed by atoms with van der Waals surface area (Å²) in [5.41, 5.74) is 17.9. The molecule has 3 aliphatic rings. The van der Waals surface area contributed by atoms with Crippen molar-refractivity contribution >= 4 is 56.4 Å². The predicted octanol–water partition coefficient (Wildman–Crippen LogP) is 15.8. The van der Waals surface area contributed by atoms with E-state index in [4.69, 9.17) is 15.3 Å². The third kappa shape index (κ3) is 11.3. The molecular formula is C68H75CuIN4O. The number of nitrogens with one attached hydrogen (secondary N) is 1. The molecule has 391 valence electrons. The number of benzene rings is 4. The predicted molar refractivity (Wildman–Crippen MR) is 321 cm³/mol. The molecule has 0 unspecified atom stereocenters. The molecule has 9 rings (SSSR count). The SMILES string of the molecule is CC(C)(C)c1cc(C2=C3[N-]C(=CC3=O)C(c3cc(C(C)(C)C)cc(C(C)(C)C)c3)=c3ccc([nH]3)=C(c3ccc(I)cc3)c3ccc([n-]3)C(c3cc(C(C)(C)C)cc(C(C)(C)C)c3)=C3C=CC2=N3)cc(C(C)(C)C)c1.[Cu+2]. The van der Waals surface area contributed by atoms with Gasteiger partial charge in [-0.3, -0.25) is 4.79 Å². The van der Waals surface area contributed by atoms with Crippen molar-refractivity contribution in [3.8, 4) is 0 Å². The van der Waals surface area contributed by atoms with Gasteiger partial charge in [-0.2, -0.15) is 0 Å². The normalized spacial score (nSPS) is 15.6. The molecule has 8 bridgehead atoms. The van der Waals surface area contributed by atoms with Crippen molar-refractivity contribution in [1.82, 2.24) is 9.97 Å². The molecule has 0 aliphatic carbocycles. The minimum atomic E-state index is -0.182. The summed E-state index contributed by atoms with van der Waals surface area (Å²) in [7, 11) is 0. The zero-order chi connectivity index (χ0) is 53.8. The Morgan fingerprint density at radius 3 is 1.25 bits per heavy atom. The van der Waals surface area contributed by atoms with Crippen LogP contribution in [0.5, 0.6) is 0 Å². The van der Waals surface area contributed by atoms with Gasteiger partial charge in [-0.15, -0.1) is 17.1 Å². The van der Waals surface area contributed by atoms with Crippen LogP contribution in [0.3, 0.4) is 0 Å². The maximum Gasteiger partial charge on any atom is 2.00 e. The number of aliphatic imine (C=N–C) groups is 1. The van der Waals surface area contributed by atoms with E-state index in [1.54, 1.807) is 6.08 Å². The smallest absolute Gasteiger partial charge is 0.657 e. The van der Waals surface area contributed by atoms with Gasteiger partial charge in [-0.1, -0.05) is 209 Å². The Kier molecular flexibility index (Phi) is 14.5. The number of hydrogen-bond acceptors (Lipinski definition) is 2. The van der Waals surface area contributed by atoms with Crippen LogP contribution in [-0.2, 0) is 54.4 Å². The standard InChI is InChI=1S/C68H76IN4O.Cu/c1-63(2,3)43-29-40(30-44(35-43)64(4,5)6)59-52-25-23-50(70-52)58(39-19-21-49(69)22-20-39)51-24-26-54(71-51)60(41-31-45(65(7,8)9)36-46(32-41)66(10,11)12)56-38-57(74)62(73-56)61(55-28-27-53(59)72-55)42-33-47(67(13,14)15)37-48(34-42)68(16,17)18;/h19-38H,1-18H3,(H2-,70,71,72,73,74);/q-1;+2/p-1. The Labute approximate surface area is 472 Å². The molecule has 5 heterocycles. The molecule has 0 amide bonds. The summed E-state index contributed by atoms with van der Waals surface area (Å²) in [6.45, 7) is 40.8. The first-order valence-corrected chi connectivity index (χ1v) is 27.4. The van der Waals surface area contributed by atoms with Gasteiger partial charge in [-0.05, 0) is 176 Å². The zero-order valence-electron chi connectivity index (χ0n) is 47.5. The van der Waals surface area contributed by atoms with E-state index in [-0.39, 0.29) is 55.3 Å². The topological polar surface area (TPSA) is 73.4 Å². The number of hydrogen-bond donors (Lipinski definition) is 1. The average molecular weight is 1150 g/mol. The van der Waals surface area contributed by atoms with Gasteiger partial charge < -0.3 is 15.3 Å². The van der Waals surface area contributed by atoms with E-state index < -0.39 is 0 Å². The second kappa shape index (κ2) is 19.5. The number of carbonyl (C=O) groups is 1. The van der Waals surface area contributed by atoms with Crippen molar-refractivity contribution < 1.29 is 21.9 Å². The summed E-state index contributed by atoms with van der Waals surface area (Å²) in [6.07, 6.45) is 5.96. The van der Waals surface area contributed by atoms with Crippen LogP contribution >= 0.6 is 22.6 Å². The maximum absolute atomic E-state index is 15.4. The number of fused-ring (bicyclic) bond motifs is 7. The van der Waals surface area contributed by atoms with Crippen LogP contribution in [0.25, 0.3) is 27.6 Å². The van der Waals surface area contributed by atoms with Gasteiger partial charge in [0.05, 0.1) is 11.4 Å². The molecule has 1 N–H and O–H groups in total. The van der Waals surface area contributed by atoms with Crippen molar-refractivity contribution in [2.24, 2.45) is 4.99 Å². The summed E-state index contributed by atoms with van der Waals surface area (Å²) in [5, 5.41) is 7.34. The number of allylic oxidation sites excluding steroid dienone is 5. The number of H-pyrrole nitrogens is 1. The number of aromatic amines is 1. The molecule has 0 atom stereocenters. The van der Waals surface area contributed by atoms with Crippen LogP contribution in [0.15, 0.2) is 143 Å². The van der Waals surface area contributed by atoms with E-state index in [1.807, 2.05) is 0 Å². The van der Waals surface area contributed by atoms with E-state index in [1.165, 1.54) is 33.4 Å². The van der Waals surface area contributed by atoms with E-state index in [0.717, 1.165) is 70.3 Å². The van der Waals surface area contributed by atoms with Gasteiger partial charge in [0.2, 0.25) is 0 Å². The van der Waals surface area contributed by atoms with Crippen LogP contribution in [0.2, 0.25) is 0 Å². The fourth-order valence-corrected chi connectivity index (χ4v) is 10.3. The number of carbonyl (C=O) groups excluding carboxylic acids is 1. The maximum atomic E-state index is 15.4. The Bertz CT molecular complexity index is 3480. The van der Waals surface area contributed by atoms with Crippen LogP contribution in [0.1, 0.15) is 192 Å². The fraction of sp³-hybridized carbons (Fsp3) is 0.353. The number of nitrogens with zero attached hydrogens (tertiary/aromatic N) is 3. The third-order valence-corrected chi connectivity index (χ3v) is 15.5. The van der Waals surface area contributed by atoms with E-state index >= 15 is 4.79 Å². The van der Waals surface area contributed by atoms with Gasteiger partial charge in [0.15, 0.2) is 5.78 Å². The molecule has 2 aromatic heterocycles. The first kappa shape index (κ1) is 55.8. The van der Waals surface area contributed by atoms with Crippen molar-refractivity contribution in [3.63, 3.8) is 0 Å². The minimum absolute atomic E-state index is 0. The van der Waals surface area contributed by atoms with Crippen molar-refractivity contribution in [2.45, 2.75) is 157 Å². The summed E-state index contributed by atoms with van der Waals surface area (Å²) >= 11 is 2.38. The molecule has 1 radical (unpaired) electrons. The van der Waals surface area contributed by atoms with Gasteiger partial charge in [0, 0.05) is 14.3 Å². The van der Waals surface area contributed by atoms with Gasteiger partial charge in [0.1, 0.15) is 0 Å². The van der Waals surface area contributed by atoms with E-state index in [2.05, 4.69) is 267 Å². The first-order valence-electron chi connectivity index (χ1n) is 26.3. The van der Waals surface area contributed by atoms with Crippen LogP contribution < -0.4 is 15.7 Å². The second-order valence-electron chi connectivity index (χ2n) is 27.0. The van der Waals surface area contributed by atoms with Crippen molar-refractivity contribution in [1.29, 1.82) is 0 Å². The second-order valence-corrected chi connectivity index (χ2v) is 28.2. The molecule has 75 heavy (non-hydrogen) atoms. The van der Waals surface area contributed by atoms with Crippen molar-refractivity contribution in [3.05, 3.63) is 225 Å². The largest absolute Gasteiger partial charge is 2.00 e. The molecule has 3 aliphatic heterocycles. The van der Waals surface area contributed by atoms with Crippen molar-refractivity contribution in [2.75, 3.05) is 0 Å². The molecule has 4 aromatic carbocycles. The molecule has 0 spiro atoms. The molecule has 7 heteroatoms. The minimum Gasteiger partial charge on any atom is -0.657 e. The van der Waals surface area contributed by atoms with Crippen LogP contribution in [0.4, 0.5) is 0 Å². The summed E-state index contributed by atoms with van der Waals surface area (Å²) in [4.78, 5) is 30.6. The summed E-state index contributed by atoms with van der Waals surface area (Å²) in [6, 6.07) is 38.1. The monoisotopic (exact) mass is 1150 g/mol. The third-order valence-electron chi connectivity index (χ3n) is 14.7. The first-order chi connectivity index (χ1) is 34.2. The molecule has 6 aromatic rings. The van der Waals surface area contributed by atoms with Gasteiger partial charge in [0.25, 0.3) is 0 Å². The number of rotatable bonds is 4. The van der Waals surface area contributed by atoms with Crippen LogP contribution in [-0.4, -0.2) is 16.5 Å². The number of ketones is 1. The molecular weight excluding hydrogens is 1080 g/mol.